The highest BCUT2D eigenvalue weighted by Gasteiger charge is 2.46. The average Bonchev–Trinajstić information content (AvgIpc) is 2.93. The van der Waals surface area contributed by atoms with E-state index in [1.165, 1.54) is 12.0 Å². The predicted molar refractivity (Wildman–Crippen MR) is 109 cm³/mol. The van der Waals surface area contributed by atoms with Crippen LogP contribution in [0, 0.1) is 0 Å². The fourth-order valence-corrected chi connectivity index (χ4v) is 3.53. The molecule has 0 unspecified atom stereocenters. The van der Waals surface area contributed by atoms with Crippen molar-refractivity contribution in [2.24, 2.45) is 0 Å². The van der Waals surface area contributed by atoms with Crippen molar-refractivity contribution in [3.63, 3.8) is 0 Å². The van der Waals surface area contributed by atoms with Gasteiger partial charge in [0.05, 0.1) is 28.3 Å². The monoisotopic (exact) mass is 439 g/mol. The van der Waals surface area contributed by atoms with E-state index < -0.39 is 17.7 Å². The number of benzene rings is 2. The molecule has 1 N–H and O–H groups in total. The number of aliphatic hydroxyl groups is 1. The lowest BCUT2D eigenvalue weighted by atomic mass is 9.95. The van der Waals surface area contributed by atoms with Gasteiger partial charge in [0.1, 0.15) is 5.76 Å². The first-order valence-corrected chi connectivity index (χ1v) is 9.46. The van der Waals surface area contributed by atoms with Crippen molar-refractivity contribution in [2.75, 3.05) is 20.3 Å². The molecule has 1 aliphatic rings. The number of amides is 1. The lowest BCUT2D eigenvalue weighted by Gasteiger charge is -2.25. The van der Waals surface area contributed by atoms with Gasteiger partial charge in [-0.2, -0.15) is 0 Å². The highest BCUT2D eigenvalue weighted by molar-refractivity contribution is 6.47. The molecule has 1 aliphatic heterocycles. The van der Waals surface area contributed by atoms with Crippen molar-refractivity contribution in [1.29, 1.82) is 0 Å². The quantitative estimate of drug-likeness (QED) is 0.415. The summed E-state index contributed by atoms with van der Waals surface area (Å²) in [6, 6.07) is 10.3. The molecule has 0 aromatic heterocycles. The van der Waals surface area contributed by atoms with Crippen molar-refractivity contribution < 1.29 is 19.4 Å². The van der Waals surface area contributed by atoms with E-state index >= 15 is 0 Å². The van der Waals surface area contributed by atoms with Gasteiger partial charge in [-0.05, 0) is 42.0 Å². The number of ether oxygens (including phenoxy) is 1. The van der Waals surface area contributed by atoms with Gasteiger partial charge in [0.2, 0.25) is 0 Å². The summed E-state index contributed by atoms with van der Waals surface area (Å²) in [5.74, 6) is -1.78. The molecular weight excluding hydrogens is 425 g/mol. The van der Waals surface area contributed by atoms with Crippen LogP contribution in [0.25, 0.3) is 5.76 Å². The van der Waals surface area contributed by atoms with Gasteiger partial charge in [-0.1, -0.05) is 40.9 Å². The minimum atomic E-state index is -0.819. The third-order valence-electron chi connectivity index (χ3n) is 4.45. The summed E-state index contributed by atoms with van der Waals surface area (Å²) in [4.78, 5) is 26.8. The van der Waals surface area contributed by atoms with Crippen molar-refractivity contribution in [3.8, 4) is 0 Å². The number of carbonyl (C=O) groups excluding carboxylic acids is 2. The van der Waals surface area contributed by atoms with Crippen molar-refractivity contribution >= 4 is 52.3 Å². The fourth-order valence-electron chi connectivity index (χ4n) is 3.09. The number of methoxy groups -OCH3 is 1. The van der Waals surface area contributed by atoms with Crippen LogP contribution in [-0.2, 0) is 14.3 Å². The molecule has 1 saturated heterocycles. The van der Waals surface area contributed by atoms with E-state index in [9.17, 15) is 14.7 Å². The van der Waals surface area contributed by atoms with Crippen LogP contribution < -0.4 is 0 Å². The van der Waals surface area contributed by atoms with E-state index in [-0.39, 0.29) is 29.5 Å². The standard InChI is InChI=1S/C20H16Cl3NO4/c1-28-9-8-24-17(12-4-7-14(22)15(23)10-12)16(19(26)20(24)27)18(25)11-2-5-13(21)6-3-11/h2-7,10,17,25H,8-9H2,1H3/t17-/m0/s1. The van der Waals surface area contributed by atoms with E-state index in [4.69, 9.17) is 39.5 Å². The van der Waals surface area contributed by atoms with Crippen LogP contribution in [0.1, 0.15) is 17.2 Å². The Labute approximate surface area is 177 Å². The summed E-state index contributed by atoms with van der Waals surface area (Å²) in [5, 5.41) is 12.0. The van der Waals surface area contributed by atoms with E-state index in [1.54, 1.807) is 42.5 Å². The molecule has 1 heterocycles. The molecule has 5 nitrogen and oxygen atoms in total. The molecule has 8 heteroatoms. The second kappa shape index (κ2) is 8.53. The third-order valence-corrected chi connectivity index (χ3v) is 5.44. The highest BCUT2D eigenvalue weighted by atomic mass is 35.5. The summed E-state index contributed by atoms with van der Waals surface area (Å²) < 4.78 is 5.06. The van der Waals surface area contributed by atoms with Crippen LogP contribution in [0.2, 0.25) is 15.1 Å². The average molecular weight is 441 g/mol. The number of carbonyl (C=O) groups is 2. The van der Waals surface area contributed by atoms with Crippen LogP contribution in [0.15, 0.2) is 48.0 Å². The Hall–Kier alpha value is -2.05. The van der Waals surface area contributed by atoms with E-state index in [0.717, 1.165) is 0 Å². The van der Waals surface area contributed by atoms with Crippen LogP contribution in [-0.4, -0.2) is 42.0 Å². The topological polar surface area (TPSA) is 66.8 Å². The number of hydrogen-bond acceptors (Lipinski definition) is 4. The molecule has 1 atom stereocenters. The Bertz CT molecular complexity index is 956. The number of halogens is 3. The SMILES string of the molecule is COCCN1C(=O)C(=O)C(=C(O)c2ccc(Cl)cc2)[C@@H]1c1ccc(Cl)c(Cl)c1. The zero-order chi connectivity index (χ0) is 20.4. The third kappa shape index (κ3) is 3.89. The fraction of sp³-hybridized carbons (Fsp3) is 0.200. The molecule has 2 aromatic rings. The number of ketones is 1. The van der Waals surface area contributed by atoms with Gasteiger partial charge in [0.15, 0.2) is 0 Å². The van der Waals surface area contributed by atoms with Gasteiger partial charge in [-0.3, -0.25) is 9.59 Å². The largest absolute Gasteiger partial charge is 0.507 e. The number of rotatable bonds is 5. The molecule has 1 fully saturated rings. The van der Waals surface area contributed by atoms with Gasteiger partial charge in [0.25, 0.3) is 11.7 Å². The molecule has 0 saturated carbocycles. The Balaban J connectivity index is 2.17. The van der Waals surface area contributed by atoms with Crippen LogP contribution in [0.5, 0.6) is 0 Å². The number of nitrogens with zero attached hydrogens (tertiary/aromatic N) is 1. The number of Topliss-reactive ketones (excluding diaryl/α,β-unsaturated/α-hetero) is 1. The first-order chi connectivity index (χ1) is 13.3. The zero-order valence-corrected chi connectivity index (χ0v) is 17.1. The molecule has 0 spiro atoms. The second-order valence-corrected chi connectivity index (χ2v) is 7.42. The summed E-state index contributed by atoms with van der Waals surface area (Å²) in [6.07, 6.45) is 0. The Kier molecular flexibility index (Phi) is 6.30. The van der Waals surface area contributed by atoms with Crippen LogP contribution in [0.4, 0.5) is 0 Å². The first kappa shape index (κ1) is 20.7. The highest BCUT2D eigenvalue weighted by Crippen LogP contribution is 2.40. The molecule has 0 bridgehead atoms. The molecule has 28 heavy (non-hydrogen) atoms. The normalized spacial score (nSPS) is 18.7. The maximum Gasteiger partial charge on any atom is 0.295 e. The zero-order valence-electron chi connectivity index (χ0n) is 14.8. The van der Waals surface area contributed by atoms with Gasteiger partial charge >= 0.3 is 0 Å². The number of aliphatic hydroxyl groups excluding tert-OH is 1. The number of hydrogen-bond donors (Lipinski definition) is 1. The molecule has 1 amide bonds. The van der Waals surface area contributed by atoms with Crippen molar-refractivity contribution in [1.82, 2.24) is 4.90 Å². The number of likely N-dealkylation sites (tertiary alicyclic amines) is 1. The lowest BCUT2D eigenvalue weighted by Crippen LogP contribution is -2.32. The summed E-state index contributed by atoms with van der Waals surface area (Å²) in [6.45, 7) is 0.398. The van der Waals surface area contributed by atoms with Gasteiger partial charge in [0, 0.05) is 24.2 Å². The molecule has 2 aromatic carbocycles. The van der Waals surface area contributed by atoms with Gasteiger partial charge in [-0.15, -0.1) is 0 Å². The summed E-state index contributed by atoms with van der Waals surface area (Å²) >= 11 is 18.0. The van der Waals surface area contributed by atoms with Crippen LogP contribution >= 0.6 is 34.8 Å². The van der Waals surface area contributed by atoms with Gasteiger partial charge in [-0.25, -0.2) is 0 Å². The van der Waals surface area contributed by atoms with Gasteiger partial charge < -0.3 is 14.7 Å². The van der Waals surface area contributed by atoms with E-state index in [0.29, 0.717) is 21.2 Å². The van der Waals surface area contributed by atoms with E-state index in [2.05, 4.69) is 0 Å². The summed E-state index contributed by atoms with van der Waals surface area (Å²) in [7, 11) is 1.50. The van der Waals surface area contributed by atoms with Crippen molar-refractivity contribution in [3.05, 3.63) is 74.2 Å². The van der Waals surface area contributed by atoms with Crippen molar-refractivity contribution in [2.45, 2.75) is 6.04 Å². The Morgan fingerprint density at radius 3 is 2.36 bits per heavy atom. The van der Waals surface area contributed by atoms with E-state index in [1.807, 2.05) is 0 Å². The minimum Gasteiger partial charge on any atom is -0.507 e. The maximum absolute atomic E-state index is 12.8. The first-order valence-electron chi connectivity index (χ1n) is 8.33. The molecule has 3 rings (SSSR count). The van der Waals surface area contributed by atoms with Crippen LogP contribution in [0.3, 0.4) is 0 Å². The molecule has 0 aliphatic carbocycles. The molecule has 146 valence electrons. The molecular formula is C20H16Cl3NO4. The summed E-state index contributed by atoms with van der Waals surface area (Å²) in [5.41, 5.74) is 0.904. The Morgan fingerprint density at radius 2 is 1.75 bits per heavy atom. The second-order valence-electron chi connectivity index (χ2n) is 6.17. The Morgan fingerprint density at radius 1 is 1.07 bits per heavy atom. The minimum absolute atomic E-state index is 0.0261. The molecule has 0 radical (unpaired) electrons. The smallest absolute Gasteiger partial charge is 0.295 e. The lowest BCUT2D eigenvalue weighted by molar-refractivity contribution is -0.140. The maximum atomic E-state index is 12.8. The predicted octanol–water partition coefficient (Wildman–Crippen LogP) is 4.71.